The Kier molecular flexibility index (Phi) is 5.30. The van der Waals surface area contributed by atoms with Gasteiger partial charge in [-0.05, 0) is 30.1 Å². The van der Waals surface area contributed by atoms with Crippen LogP contribution >= 0.6 is 11.6 Å². The third-order valence-corrected chi connectivity index (χ3v) is 4.58. The molecule has 1 fully saturated rings. The Morgan fingerprint density at radius 3 is 2.29 bits per heavy atom. The monoisotopic (exact) mass is 259 g/mol. The highest BCUT2D eigenvalue weighted by atomic mass is 35.5. The maximum absolute atomic E-state index is 12.1. The molecule has 1 atom stereocenters. The van der Waals surface area contributed by atoms with Crippen LogP contribution in [0.1, 0.15) is 47.0 Å². The highest BCUT2D eigenvalue weighted by molar-refractivity contribution is 6.18. The Balaban J connectivity index is 2.39. The molecule has 100 valence electrons. The van der Waals surface area contributed by atoms with Crippen molar-refractivity contribution in [1.29, 1.82) is 0 Å². The van der Waals surface area contributed by atoms with E-state index in [-0.39, 0.29) is 5.41 Å². The van der Waals surface area contributed by atoms with Gasteiger partial charge in [0.2, 0.25) is 5.91 Å². The van der Waals surface area contributed by atoms with Gasteiger partial charge >= 0.3 is 0 Å². The van der Waals surface area contributed by atoms with Gasteiger partial charge in [-0.2, -0.15) is 0 Å². The van der Waals surface area contributed by atoms with Crippen LogP contribution in [0, 0.1) is 17.3 Å². The summed E-state index contributed by atoms with van der Waals surface area (Å²) in [7, 11) is 0. The Hall–Kier alpha value is -0.240. The number of amides is 1. The Morgan fingerprint density at radius 1 is 1.35 bits per heavy atom. The van der Waals surface area contributed by atoms with E-state index >= 15 is 0 Å². The summed E-state index contributed by atoms with van der Waals surface area (Å²) in [6.45, 7) is 10.6. The first-order valence-electron chi connectivity index (χ1n) is 6.68. The first kappa shape index (κ1) is 14.8. The molecule has 3 heteroatoms. The number of rotatable bonds is 3. The van der Waals surface area contributed by atoms with Crippen molar-refractivity contribution < 1.29 is 4.79 Å². The molecule has 0 aliphatic carbocycles. The van der Waals surface area contributed by atoms with Gasteiger partial charge in [0.05, 0.1) is 0 Å². The molecular weight excluding hydrogens is 234 g/mol. The van der Waals surface area contributed by atoms with Gasteiger partial charge in [-0.25, -0.2) is 0 Å². The second-order valence-corrected chi connectivity index (χ2v) is 6.76. The number of hydrogen-bond donors (Lipinski definition) is 0. The van der Waals surface area contributed by atoms with Crippen LogP contribution < -0.4 is 0 Å². The summed E-state index contributed by atoms with van der Waals surface area (Å²) in [5.74, 6) is 2.10. The summed E-state index contributed by atoms with van der Waals surface area (Å²) in [6, 6.07) is 0. The number of halogens is 1. The number of hydrogen-bond acceptors (Lipinski definition) is 1. The van der Waals surface area contributed by atoms with Crippen LogP contribution in [0.15, 0.2) is 0 Å². The van der Waals surface area contributed by atoms with Crippen molar-refractivity contribution in [2.24, 2.45) is 17.3 Å². The molecule has 1 rings (SSSR count). The molecule has 1 aliphatic rings. The summed E-state index contributed by atoms with van der Waals surface area (Å²) >= 11 is 5.85. The predicted molar refractivity (Wildman–Crippen MR) is 73.3 cm³/mol. The van der Waals surface area contributed by atoms with Crippen LogP contribution in [0.4, 0.5) is 0 Å². The highest BCUT2D eigenvalue weighted by Crippen LogP contribution is 2.29. The van der Waals surface area contributed by atoms with Crippen molar-refractivity contribution in [2.75, 3.05) is 19.0 Å². The van der Waals surface area contributed by atoms with E-state index in [0.717, 1.165) is 31.8 Å². The van der Waals surface area contributed by atoms with E-state index in [4.69, 9.17) is 11.6 Å². The van der Waals surface area contributed by atoms with Crippen LogP contribution in [0.2, 0.25) is 0 Å². The quantitative estimate of drug-likeness (QED) is 0.710. The normalized spacial score (nSPS) is 20.4. The molecule has 1 unspecified atom stereocenters. The molecule has 0 saturated carbocycles. The summed E-state index contributed by atoms with van der Waals surface area (Å²) in [5, 5.41) is 0. The SMILES string of the molecule is CC(CC(=O)N1CCC(CCl)CC1)C(C)(C)C. The van der Waals surface area contributed by atoms with Crippen LogP contribution in [-0.2, 0) is 4.79 Å². The lowest BCUT2D eigenvalue weighted by molar-refractivity contribution is -0.134. The van der Waals surface area contributed by atoms with Crippen LogP contribution in [0.5, 0.6) is 0 Å². The zero-order chi connectivity index (χ0) is 13.1. The Morgan fingerprint density at radius 2 is 1.88 bits per heavy atom. The molecule has 1 aliphatic heterocycles. The molecule has 1 amide bonds. The van der Waals surface area contributed by atoms with Crippen molar-refractivity contribution in [3.8, 4) is 0 Å². The average Bonchev–Trinajstić information content (AvgIpc) is 2.27. The third kappa shape index (κ3) is 4.50. The number of piperidine rings is 1. The molecule has 0 N–H and O–H groups in total. The van der Waals surface area contributed by atoms with Gasteiger partial charge in [-0.3, -0.25) is 4.79 Å². The molecule has 0 bridgehead atoms. The molecule has 0 aromatic carbocycles. The van der Waals surface area contributed by atoms with Gasteiger partial charge in [0.25, 0.3) is 0 Å². The Bertz CT molecular complexity index is 251. The summed E-state index contributed by atoms with van der Waals surface area (Å²) in [4.78, 5) is 14.2. The van der Waals surface area contributed by atoms with Crippen molar-refractivity contribution >= 4 is 17.5 Å². The van der Waals surface area contributed by atoms with Gasteiger partial charge in [-0.1, -0.05) is 27.7 Å². The van der Waals surface area contributed by atoms with Crippen LogP contribution in [0.3, 0.4) is 0 Å². The maximum Gasteiger partial charge on any atom is 0.222 e. The largest absolute Gasteiger partial charge is 0.343 e. The van der Waals surface area contributed by atoms with E-state index in [1.807, 2.05) is 4.90 Å². The minimum Gasteiger partial charge on any atom is -0.343 e. The molecule has 0 aromatic rings. The minimum atomic E-state index is 0.212. The second-order valence-electron chi connectivity index (χ2n) is 6.45. The molecule has 17 heavy (non-hydrogen) atoms. The van der Waals surface area contributed by atoms with Gasteiger partial charge in [0.15, 0.2) is 0 Å². The van der Waals surface area contributed by atoms with E-state index in [2.05, 4.69) is 27.7 Å². The lowest BCUT2D eigenvalue weighted by Crippen LogP contribution is -2.40. The van der Waals surface area contributed by atoms with E-state index in [0.29, 0.717) is 24.2 Å². The van der Waals surface area contributed by atoms with E-state index in [1.165, 1.54) is 0 Å². The first-order valence-corrected chi connectivity index (χ1v) is 7.21. The van der Waals surface area contributed by atoms with Gasteiger partial charge in [0.1, 0.15) is 0 Å². The topological polar surface area (TPSA) is 20.3 Å². The number of nitrogens with zero attached hydrogens (tertiary/aromatic N) is 1. The minimum absolute atomic E-state index is 0.212. The maximum atomic E-state index is 12.1. The summed E-state index contributed by atoms with van der Waals surface area (Å²) < 4.78 is 0. The van der Waals surface area contributed by atoms with E-state index in [9.17, 15) is 4.79 Å². The fourth-order valence-electron chi connectivity index (χ4n) is 2.03. The molecule has 0 radical (unpaired) electrons. The van der Waals surface area contributed by atoms with Crippen molar-refractivity contribution in [3.05, 3.63) is 0 Å². The molecule has 1 saturated heterocycles. The lowest BCUT2D eigenvalue weighted by atomic mass is 9.80. The molecule has 0 spiro atoms. The van der Waals surface area contributed by atoms with Gasteiger partial charge < -0.3 is 4.90 Å². The second kappa shape index (κ2) is 6.08. The third-order valence-electron chi connectivity index (χ3n) is 4.14. The van der Waals surface area contributed by atoms with Gasteiger partial charge in [-0.15, -0.1) is 11.6 Å². The molecule has 0 aromatic heterocycles. The van der Waals surface area contributed by atoms with Gasteiger partial charge in [0, 0.05) is 25.4 Å². The summed E-state index contributed by atoms with van der Waals surface area (Å²) in [6.07, 6.45) is 2.81. The highest BCUT2D eigenvalue weighted by Gasteiger charge is 2.27. The van der Waals surface area contributed by atoms with Crippen LogP contribution in [0.25, 0.3) is 0 Å². The zero-order valence-corrected chi connectivity index (χ0v) is 12.4. The number of carbonyl (C=O) groups excluding carboxylic acids is 1. The molecule has 2 nitrogen and oxygen atoms in total. The summed E-state index contributed by atoms with van der Waals surface area (Å²) in [5.41, 5.74) is 0.212. The lowest BCUT2D eigenvalue weighted by Gasteiger charge is -2.34. The number of carbonyl (C=O) groups is 1. The standard InChI is InChI=1S/C14H26ClNO/c1-11(14(2,3)4)9-13(17)16-7-5-12(10-15)6-8-16/h11-12H,5-10H2,1-4H3. The molecule has 1 heterocycles. The van der Waals surface area contributed by atoms with E-state index in [1.54, 1.807) is 0 Å². The van der Waals surface area contributed by atoms with Crippen molar-refractivity contribution in [3.63, 3.8) is 0 Å². The fourth-order valence-corrected chi connectivity index (χ4v) is 2.34. The van der Waals surface area contributed by atoms with E-state index < -0.39 is 0 Å². The first-order chi connectivity index (χ1) is 7.84. The smallest absolute Gasteiger partial charge is 0.222 e. The number of likely N-dealkylation sites (tertiary alicyclic amines) is 1. The van der Waals surface area contributed by atoms with Crippen LogP contribution in [-0.4, -0.2) is 29.8 Å². The predicted octanol–water partition coefficient (Wildman–Crippen LogP) is 3.54. The molecular formula is C14H26ClNO. The fraction of sp³-hybridized carbons (Fsp3) is 0.929. The Labute approximate surface area is 111 Å². The van der Waals surface area contributed by atoms with Crippen molar-refractivity contribution in [2.45, 2.75) is 47.0 Å². The zero-order valence-electron chi connectivity index (χ0n) is 11.6. The van der Waals surface area contributed by atoms with Crippen molar-refractivity contribution in [1.82, 2.24) is 4.90 Å². The number of alkyl halides is 1. The average molecular weight is 260 g/mol.